The van der Waals surface area contributed by atoms with E-state index in [1.807, 2.05) is 24.1 Å². The maximum absolute atomic E-state index is 13.0. The molecule has 2 aromatic rings. The number of rotatable bonds is 4. The summed E-state index contributed by atoms with van der Waals surface area (Å²) in [5, 5.41) is 7.38. The molecular weight excluding hydrogens is 356 g/mol. The number of H-pyrrole nitrogens is 1. The topological polar surface area (TPSA) is 87.2 Å². The van der Waals surface area contributed by atoms with E-state index < -0.39 is 0 Å². The van der Waals surface area contributed by atoms with Crippen molar-refractivity contribution in [3.63, 3.8) is 0 Å². The number of nitrogens with one attached hydrogen (secondary N) is 1. The Morgan fingerprint density at radius 1 is 1.25 bits per heavy atom. The third-order valence-corrected chi connectivity index (χ3v) is 5.67. The van der Waals surface area contributed by atoms with Crippen molar-refractivity contribution in [2.45, 2.75) is 38.8 Å². The number of carbonyl (C=O) groups excluding carboxylic acids is 1. The smallest absolute Gasteiger partial charge is 0.225 e. The molecule has 0 radical (unpaired) electrons. The summed E-state index contributed by atoms with van der Waals surface area (Å²) in [7, 11) is 0. The van der Waals surface area contributed by atoms with Crippen LogP contribution in [-0.2, 0) is 16.1 Å². The molecule has 0 bridgehead atoms. The number of aromatic amines is 1. The molecule has 0 saturated carbocycles. The molecule has 0 spiro atoms. The third kappa shape index (κ3) is 4.39. The molecule has 2 fully saturated rings. The van der Waals surface area contributed by atoms with E-state index in [9.17, 15) is 4.79 Å². The highest BCUT2D eigenvalue weighted by Crippen LogP contribution is 2.28. The zero-order chi connectivity index (χ0) is 19.3. The summed E-state index contributed by atoms with van der Waals surface area (Å²) < 4.78 is 5.42. The molecule has 2 aromatic heterocycles. The summed E-state index contributed by atoms with van der Waals surface area (Å²) in [6, 6.07) is 4.13. The SMILES string of the molecule is Cc1nc([C@@H]2CCN(C(=O)C3CCOCC3)CCN2Cc2cccnc2)n[nH]1. The van der Waals surface area contributed by atoms with Crippen LogP contribution in [0.15, 0.2) is 24.5 Å². The first-order chi connectivity index (χ1) is 13.7. The number of pyridine rings is 1. The summed E-state index contributed by atoms with van der Waals surface area (Å²) in [6.45, 7) is 6.33. The van der Waals surface area contributed by atoms with Gasteiger partial charge in [0.2, 0.25) is 5.91 Å². The number of amides is 1. The normalized spacial score (nSPS) is 22.2. The highest BCUT2D eigenvalue weighted by Gasteiger charge is 2.32. The summed E-state index contributed by atoms with van der Waals surface area (Å²) in [6.07, 6.45) is 6.18. The number of hydrogen-bond acceptors (Lipinski definition) is 6. The zero-order valence-corrected chi connectivity index (χ0v) is 16.4. The van der Waals surface area contributed by atoms with Gasteiger partial charge < -0.3 is 9.64 Å². The first-order valence-corrected chi connectivity index (χ1v) is 10.1. The largest absolute Gasteiger partial charge is 0.381 e. The van der Waals surface area contributed by atoms with Gasteiger partial charge in [-0.2, -0.15) is 5.10 Å². The molecule has 1 N–H and O–H groups in total. The van der Waals surface area contributed by atoms with Gasteiger partial charge in [0.15, 0.2) is 5.82 Å². The second-order valence-electron chi connectivity index (χ2n) is 7.63. The highest BCUT2D eigenvalue weighted by molar-refractivity contribution is 5.79. The Morgan fingerprint density at radius 2 is 2.11 bits per heavy atom. The molecule has 4 rings (SSSR count). The van der Waals surface area contributed by atoms with Gasteiger partial charge in [-0.05, 0) is 37.8 Å². The number of carbonyl (C=O) groups is 1. The standard InChI is InChI=1S/C20H28N6O2/c1-15-22-19(24-23-15)18-4-8-25(20(27)17-5-11-28-12-6-17)9-10-26(18)14-16-3-2-7-21-13-16/h2-3,7,13,17-18H,4-6,8-12,14H2,1H3,(H,22,23,24)/t18-/m0/s1. The van der Waals surface area contributed by atoms with Crippen LogP contribution in [0.2, 0.25) is 0 Å². The van der Waals surface area contributed by atoms with Crippen molar-refractivity contribution in [2.75, 3.05) is 32.8 Å². The lowest BCUT2D eigenvalue weighted by atomic mass is 9.98. The van der Waals surface area contributed by atoms with Gasteiger partial charge in [-0.3, -0.25) is 19.8 Å². The fourth-order valence-corrected chi connectivity index (χ4v) is 4.12. The quantitative estimate of drug-likeness (QED) is 0.864. The Bertz CT molecular complexity index is 774. The van der Waals surface area contributed by atoms with Crippen LogP contribution in [0.5, 0.6) is 0 Å². The van der Waals surface area contributed by atoms with E-state index in [0.717, 1.165) is 62.7 Å². The Balaban J connectivity index is 1.50. The molecule has 8 heteroatoms. The van der Waals surface area contributed by atoms with Crippen molar-refractivity contribution in [2.24, 2.45) is 5.92 Å². The van der Waals surface area contributed by atoms with E-state index in [0.29, 0.717) is 13.2 Å². The Hall–Kier alpha value is -2.32. The van der Waals surface area contributed by atoms with Crippen LogP contribution in [0.1, 0.15) is 42.5 Å². The summed E-state index contributed by atoms with van der Waals surface area (Å²) in [5.74, 6) is 2.00. The summed E-state index contributed by atoms with van der Waals surface area (Å²) in [5.41, 5.74) is 1.16. The van der Waals surface area contributed by atoms with Crippen molar-refractivity contribution in [1.29, 1.82) is 0 Å². The van der Waals surface area contributed by atoms with Gasteiger partial charge >= 0.3 is 0 Å². The summed E-state index contributed by atoms with van der Waals surface area (Å²) >= 11 is 0. The van der Waals surface area contributed by atoms with Crippen molar-refractivity contribution in [3.05, 3.63) is 41.7 Å². The number of ether oxygens (including phenoxy) is 1. The average molecular weight is 384 g/mol. The molecule has 2 aliphatic rings. The van der Waals surface area contributed by atoms with E-state index >= 15 is 0 Å². The minimum Gasteiger partial charge on any atom is -0.381 e. The van der Waals surface area contributed by atoms with Crippen LogP contribution in [0, 0.1) is 12.8 Å². The second kappa shape index (κ2) is 8.79. The van der Waals surface area contributed by atoms with E-state index in [2.05, 4.69) is 31.1 Å². The van der Waals surface area contributed by atoms with Crippen LogP contribution in [-0.4, -0.2) is 68.7 Å². The Labute approximate surface area is 165 Å². The average Bonchev–Trinajstić information content (AvgIpc) is 3.05. The van der Waals surface area contributed by atoms with Gasteiger partial charge in [0.25, 0.3) is 0 Å². The van der Waals surface area contributed by atoms with E-state index in [4.69, 9.17) is 4.74 Å². The van der Waals surface area contributed by atoms with Gasteiger partial charge in [0.05, 0.1) is 6.04 Å². The highest BCUT2D eigenvalue weighted by atomic mass is 16.5. The summed E-state index contributed by atoms with van der Waals surface area (Å²) in [4.78, 5) is 26.3. The first kappa shape index (κ1) is 19.0. The Morgan fingerprint density at radius 3 is 2.82 bits per heavy atom. The molecule has 4 heterocycles. The van der Waals surface area contributed by atoms with Crippen molar-refractivity contribution in [3.8, 4) is 0 Å². The molecule has 8 nitrogen and oxygen atoms in total. The first-order valence-electron chi connectivity index (χ1n) is 10.1. The molecule has 1 atom stereocenters. The van der Waals surface area contributed by atoms with Gasteiger partial charge in [-0.15, -0.1) is 0 Å². The number of aryl methyl sites for hydroxylation is 1. The van der Waals surface area contributed by atoms with E-state index in [-0.39, 0.29) is 17.9 Å². The van der Waals surface area contributed by atoms with Crippen molar-refractivity contribution >= 4 is 5.91 Å². The van der Waals surface area contributed by atoms with Crippen LogP contribution >= 0.6 is 0 Å². The lowest BCUT2D eigenvalue weighted by molar-refractivity contribution is -0.138. The van der Waals surface area contributed by atoms with Crippen LogP contribution in [0.4, 0.5) is 0 Å². The molecule has 0 unspecified atom stereocenters. The molecule has 150 valence electrons. The molecule has 2 aliphatic heterocycles. The molecule has 0 aromatic carbocycles. The number of aromatic nitrogens is 4. The molecule has 0 aliphatic carbocycles. The van der Waals surface area contributed by atoms with Gasteiger partial charge in [-0.25, -0.2) is 4.98 Å². The molecule has 1 amide bonds. The number of nitrogens with zero attached hydrogens (tertiary/aromatic N) is 5. The lowest BCUT2D eigenvalue weighted by Crippen LogP contribution is -2.40. The Kier molecular flexibility index (Phi) is 5.97. The van der Waals surface area contributed by atoms with Crippen LogP contribution in [0.25, 0.3) is 0 Å². The van der Waals surface area contributed by atoms with Gasteiger partial charge in [0.1, 0.15) is 5.82 Å². The molecule has 28 heavy (non-hydrogen) atoms. The monoisotopic (exact) mass is 384 g/mol. The zero-order valence-electron chi connectivity index (χ0n) is 16.4. The van der Waals surface area contributed by atoms with Crippen LogP contribution < -0.4 is 0 Å². The fourth-order valence-electron chi connectivity index (χ4n) is 4.12. The number of hydrogen-bond donors (Lipinski definition) is 1. The van der Waals surface area contributed by atoms with Crippen molar-refractivity contribution in [1.82, 2.24) is 30.0 Å². The second-order valence-corrected chi connectivity index (χ2v) is 7.63. The lowest BCUT2D eigenvalue weighted by Gasteiger charge is -2.28. The maximum atomic E-state index is 13.0. The minimum atomic E-state index is 0.0812. The maximum Gasteiger partial charge on any atom is 0.225 e. The van der Waals surface area contributed by atoms with E-state index in [1.165, 1.54) is 0 Å². The third-order valence-electron chi connectivity index (χ3n) is 5.67. The minimum absolute atomic E-state index is 0.0812. The van der Waals surface area contributed by atoms with Gasteiger partial charge in [0, 0.05) is 57.7 Å². The van der Waals surface area contributed by atoms with Crippen molar-refractivity contribution < 1.29 is 9.53 Å². The predicted octanol–water partition coefficient (Wildman–Crippen LogP) is 1.71. The van der Waals surface area contributed by atoms with Gasteiger partial charge in [-0.1, -0.05) is 6.07 Å². The predicted molar refractivity (Wildman–Crippen MR) is 103 cm³/mol. The molecular formula is C20H28N6O2. The fraction of sp³-hybridized carbons (Fsp3) is 0.600. The van der Waals surface area contributed by atoms with E-state index in [1.54, 1.807) is 6.20 Å². The van der Waals surface area contributed by atoms with Crippen LogP contribution in [0.3, 0.4) is 0 Å². The molecule has 2 saturated heterocycles.